The Morgan fingerprint density at radius 1 is 1.45 bits per heavy atom. The third-order valence-corrected chi connectivity index (χ3v) is 4.82. The van der Waals surface area contributed by atoms with Crippen LogP contribution in [0.2, 0.25) is 0 Å². The molecule has 0 fully saturated rings. The SMILES string of the molecule is Cc1cc(NS(=O)(=O)c2c(N)nc3sccn23)ccn1. The quantitative estimate of drug-likeness (QED) is 0.763. The van der Waals surface area contributed by atoms with Gasteiger partial charge in [-0.1, -0.05) is 0 Å². The molecule has 3 N–H and O–H groups in total. The number of imidazole rings is 1. The second-order valence-corrected chi connectivity index (χ2v) is 6.62. The van der Waals surface area contributed by atoms with Crippen molar-refractivity contribution >= 4 is 37.8 Å². The molecule has 3 rings (SSSR count). The molecule has 0 radical (unpaired) electrons. The van der Waals surface area contributed by atoms with Crippen molar-refractivity contribution in [3.8, 4) is 0 Å². The maximum atomic E-state index is 12.4. The highest BCUT2D eigenvalue weighted by Crippen LogP contribution is 2.25. The summed E-state index contributed by atoms with van der Waals surface area (Å²) in [5, 5.41) is 1.69. The van der Waals surface area contributed by atoms with E-state index < -0.39 is 10.0 Å². The van der Waals surface area contributed by atoms with E-state index in [1.807, 2.05) is 0 Å². The molecule has 0 aromatic carbocycles. The molecule has 7 nitrogen and oxygen atoms in total. The topological polar surface area (TPSA) is 102 Å². The molecular weight excluding hydrogens is 298 g/mol. The van der Waals surface area contributed by atoms with Crippen molar-refractivity contribution in [3.63, 3.8) is 0 Å². The van der Waals surface area contributed by atoms with Crippen LogP contribution in [0.1, 0.15) is 5.69 Å². The highest BCUT2D eigenvalue weighted by Gasteiger charge is 2.24. The number of fused-ring (bicyclic) bond motifs is 1. The fraction of sp³-hybridized carbons (Fsp3) is 0.0909. The second kappa shape index (κ2) is 4.46. The van der Waals surface area contributed by atoms with Crippen LogP contribution in [0.5, 0.6) is 0 Å². The van der Waals surface area contributed by atoms with Gasteiger partial charge in [-0.3, -0.25) is 14.1 Å². The number of nitrogens with two attached hydrogens (primary N) is 1. The largest absolute Gasteiger partial charge is 0.381 e. The summed E-state index contributed by atoms with van der Waals surface area (Å²) >= 11 is 1.32. The highest BCUT2D eigenvalue weighted by molar-refractivity contribution is 7.92. The van der Waals surface area contributed by atoms with Gasteiger partial charge in [-0.2, -0.15) is 8.42 Å². The van der Waals surface area contributed by atoms with Gasteiger partial charge in [0, 0.05) is 23.5 Å². The zero-order valence-electron chi connectivity index (χ0n) is 10.4. The molecule has 0 spiro atoms. The Labute approximate surface area is 119 Å². The van der Waals surface area contributed by atoms with Crippen LogP contribution in [0, 0.1) is 6.92 Å². The molecule has 0 atom stereocenters. The molecule has 0 unspecified atom stereocenters. The Bertz CT molecular complexity index is 881. The number of thiazole rings is 1. The van der Waals surface area contributed by atoms with Gasteiger partial charge in [-0.15, -0.1) is 11.3 Å². The lowest BCUT2D eigenvalue weighted by atomic mass is 10.3. The predicted octanol–water partition coefficient (Wildman–Crippen LogP) is 1.48. The molecule has 0 amide bonds. The molecule has 3 aromatic rings. The van der Waals surface area contributed by atoms with E-state index in [0.29, 0.717) is 16.3 Å². The Morgan fingerprint density at radius 2 is 2.25 bits per heavy atom. The summed E-state index contributed by atoms with van der Waals surface area (Å²) in [5.41, 5.74) is 6.86. The summed E-state index contributed by atoms with van der Waals surface area (Å²) < 4.78 is 28.8. The van der Waals surface area contributed by atoms with Crippen LogP contribution in [-0.4, -0.2) is 22.8 Å². The highest BCUT2D eigenvalue weighted by atomic mass is 32.2. The first-order valence-electron chi connectivity index (χ1n) is 5.64. The number of rotatable bonds is 3. The molecule has 20 heavy (non-hydrogen) atoms. The van der Waals surface area contributed by atoms with E-state index >= 15 is 0 Å². The van der Waals surface area contributed by atoms with Gasteiger partial charge in [0.1, 0.15) is 0 Å². The van der Waals surface area contributed by atoms with Gasteiger partial charge in [0.05, 0.1) is 5.69 Å². The lowest BCUT2D eigenvalue weighted by Gasteiger charge is -2.08. The third kappa shape index (κ3) is 2.10. The first-order chi connectivity index (χ1) is 9.47. The van der Waals surface area contributed by atoms with Crippen LogP contribution in [0.25, 0.3) is 4.96 Å². The van der Waals surface area contributed by atoms with Gasteiger partial charge < -0.3 is 5.73 Å². The van der Waals surface area contributed by atoms with Crippen molar-refractivity contribution in [3.05, 3.63) is 35.6 Å². The summed E-state index contributed by atoms with van der Waals surface area (Å²) in [4.78, 5) is 8.58. The molecule has 0 saturated carbocycles. The zero-order chi connectivity index (χ0) is 14.3. The summed E-state index contributed by atoms with van der Waals surface area (Å²) in [6.07, 6.45) is 3.16. The zero-order valence-corrected chi connectivity index (χ0v) is 12.1. The normalized spacial score (nSPS) is 11.8. The smallest absolute Gasteiger partial charge is 0.281 e. The maximum Gasteiger partial charge on any atom is 0.281 e. The van der Waals surface area contributed by atoms with Crippen molar-refractivity contribution in [1.29, 1.82) is 0 Å². The molecule has 0 aliphatic carbocycles. The van der Waals surface area contributed by atoms with Gasteiger partial charge in [-0.05, 0) is 19.1 Å². The molecule has 3 heterocycles. The molecule has 0 aliphatic rings. The van der Waals surface area contributed by atoms with Crippen molar-refractivity contribution in [2.24, 2.45) is 0 Å². The predicted molar refractivity (Wildman–Crippen MR) is 77.3 cm³/mol. The minimum Gasteiger partial charge on any atom is -0.381 e. The number of nitrogen functional groups attached to an aromatic ring is 1. The molecule has 0 saturated heterocycles. The number of pyridine rings is 1. The van der Waals surface area contributed by atoms with E-state index in [0.717, 1.165) is 0 Å². The van der Waals surface area contributed by atoms with Crippen molar-refractivity contribution < 1.29 is 8.42 Å². The summed E-state index contributed by atoms with van der Waals surface area (Å²) in [7, 11) is -3.81. The molecule has 3 aromatic heterocycles. The number of anilines is 2. The third-order valence-electron chi connectivity index (χ3n) is 2.65. The minimum absolute atomic E-state index is 0.0184. The monoisotopic (exact) mass is 309 g/mol. The molecule has 0 bridgehead atoms. The minimum atomic E-state index is -3.81. The van der Waals surface area contributed by atoms with Crippen LogP contribution >= 0.6 is 11.3 Å². The average molecular weight is 309 g/mol. The van der Waals surface area contributed by atoms with Gasteiger partial charge >= 0.3 is 0 Å². The van der Waals surface area contributed by atoms with Crippen LogP contribution in [0.3, 0.4) is 0 Å². The van der Waals surface area contributed by atoms with Crippen molar-refractivity contribution in [2.45, 2.75) is 11.9 Å². The summed E-state index contributed by atoms with van der Waals surface area (Å²) in [6, 6.07) is 3.21. The first-order valence-corrected chi connectivity index (χ1v) is 8.00. The number of sulfonamides is 1. The van der Waals surface area contributed by atoms with E-state index in [9.17, 15) is 8.42 Å². The fourth-order valence-corrected chi connectivity index (χ4v) is 3.90. The van der Waals surface area contributed by atoms with E-state index in [4.69, 9.17) is 5.73 Å². The van der Waals surface area contributed by atoms with Gasteiger partial charge in [-0.25, -0.2) is 4.98 Å². The van der Waals surface area contributed by atoms with Crippen LogP contribution < -0.4 is 10.5 Å². The number of hydrogen-bond acceptors (Lipinski definition) is 6. The Balaban J connectivity index is 2.08. The van der Waals surface area contributed by atoms with Crippen molar-refractivity contribution in [2.75, 3.05) is 10.5 Å². The Kier molecular flexibility index (Phi) is 2.87. The summed E-state index contributed by atoms with van der Waals surface area (Å²) in [5.74, 6) is -0.0184. The molecular formula is C11H11N5O2S2. The Hall–Kier alpha value is -2.13. The van der Waals surface area contributed by atoms with E-state index in [1.165, 1.54) is 21.9 Å². The lowest BCUT2D eigenvalue weighted by molar-refractivity contribution is 0.597. The fourth-order valence-electron chi connectivity index (χ4n) is 1.86. The van der Waals surface area contributed by atoms with Gasteiger partial charge in [0.25, 0.3) is 10.0 Å². The second-order valence-electron chi connectivity index (χ2n) is 4.15. The van der Waals surface area contributed by atoms with Gasteiger partial charge in [0.2, 0.25) is 5.03 Å². The van der Waals surface area contributed by atoms with E-state index in [1.54, 1.807) is 30.6 Å². The molecule has 9 heteroatoms. The maximum absolute atomic E-state index is 12.4. The average Bonchev–Trinajstić information content (AvgIpc) is 2.87. The van der Waals surface area contributed by atoms with E-state index in [2.05, 4.69) is 14.7 Å². The number of hydrogen-bond donors (Lipinski definition) is 2. The summed E-state index contributed by atoms with van der Waals surface area (Å²) in [6.45, 7) is 1.78. The van der Waals surface area contributed by atoms with Crippen LogP contribution in [0.15, 0.2) is 34.9 Å². The number of nitrogens with one attached hydrogen (secondary N) is 1. The first kappa shape index (κ1) is 12.9. The number of aryl methyl sites for hydroxylation is 1. The standard InChI is InChI=1S/C11H11N5O2S2/c1-7-6-8(2-3-13-7)15-20(17,18)10-9(12)14-11-16(10)4-5-19-11/h2-6H,12H2,1H3,(H,13,15). The Morgan fingerprint density at radius 3 is 3.00 bits per heavy atom. The van der Waals surface area contributed by atoms with Gasteiger partial charge in [0.15, 0.2) is 10.8 Å². The number of aromatic nitrogens is 3. The molecule has 0 aliphatic heterocycles. The van der Waals surface area contributed by atoms with Crippen molar-refractivity contribution in [1.82, 2.24) is 14.4 Å². The lowest BCUT2D eigenvalue weighted by Crippen LogP contribution is -2.16. The van der Waals surface area contributed by atoms with Crippen LogP contribution in [-0.2, 0) is 10.0 Å². The van der Waals surface area contributed by atoms with Crippen LogP contribution in [0.4, 0.5) is 11.5 Å². The molecule has 104 valence electrons. The number of nitrogens with zero attached hydrogens (tertiary/aromatic N) is 3. The van der Waals surface area contributed by atoms with E-state index in [-0.39, 0.29) is 10.8 Å².